The number of rotatable bonds is 11. The normalized spacial score (nSPS) is 12.4. The molecule has 0 radical (unpaired) electrons. The van der Waals surface area contributed by atoms with Crippen LogP contribution in [0, 0.1) is 0 Å². The van der Waals surface area contributed by atoms with Gasteiger partial charge in [-0.15, -0.1) is 0 Å². The van der Waals surface area contributed by atoms with Crippen LogP contribution in [0.2, 0.25) is 0 Å². The van der Waals surface area contributed by atoms with Crippen molar-refractivity contribution >= 4 is 11.9 Å². The van der Waals surface area contributed by atoms with Gasteiger partial charge in [0.15, 0.2) is 5.96 Å². The molecule has 3 N–H and O–H groups in total. The molecule has 0 aliphatic rings. The maximum absolute atomic E-state index is 12.4. The van der Waals surface area contributed by atoms with Crippen LogP contribution < -0.4 is 15.4 Å². The third kappa shape index (κ3) is 8.98. The number of ether oxygens (including phenoxy) is 1. The summed E-state index contributed by atoms with van der Waals surface area (Å²) in [6, 6.07) is 17.3. The second kappa shape index (κ2) is 13.4. The van der Waals surface area contributed by atoms with Crippen molar-refractivity contribution in [1.29, 1.82) is 0 Å². The maximum Gasteiger partial charge on any atom is 0.224 e. The first-order valence-corrected chi connectivity index (χ1v) is 11.1. The van der Waals surface area contributed by atoms with Gasteiger partial charge in [0, 0.05) is 33.1 Å². The van der Waals surface area contributed by atoms with Crippen LogP contribution in [0.3, 0.4) is 0 Å². The highest BCUT2D eigenvalue weighted by Gasteiger charge is 2.11. The molecule has 0 bridgehead atoms. The SMILES string of the molecule is CCNC(=NCC(O)c1ccc(OC(C)C)cc1)NCCC(=O)N(C)Cc1ccccc1. The summed E-state index contributed by atoms with van der Waals surface area (Å²) < 4.78 is 5.63. The van der Waals surface area contributed by atoms with Crippen molar-refractivity contribution < 1.29 is 14.6 Å². The van der Waals surface area contributed by atoms with E-state index in [-0.39, 0.29) is 18.6 Å². The molecule has 2 aromatic rings. The number of hydrogen-bond acceptors (Lipinski definition) is 4. The van der Waals surface area contributed by atoms with Gasteiger partial charge in [-0.3, -0.25) is 9.79 Å². The molecule has 0 spiro atoms. The van der Waals surface area contributed by atoms with Crippen LogP contribution in [-0.4, -0.2) is 54.7 Å². The van der Waals surface area contributed by atoms with Gasteiger partial charge >= 0.3 is 0 Å². The molecule has 1 unspecified atom stereocenters. The number of carbonyl (C=O) groups is 1. The summed E-state index contributed by atoms with van der Waals surface area (Å²) in [5.41, 5.74) is 1.88. The van der Waals surface area contributed by atoms with Crippen LogP contribution in [0.25, 0.3) is 0 Å². The van der Waals surface area contributed by atoms with E-state index in [0.717, 1.165) is 16.9 Å². The number of benzene rings is 2. The molecular formula is C25H36N4O3. The molecule has 7 heteroatoms. The molecule has 1 amide bonds. The zero-order chi connectivity index (χ0) is 23.3. The summed E-state index contributed by atoms with van der Waals surface area (Å²) in [6.45, 7) is 7.86. The summed E-state index contributed by atoms with van der Waals surface area (Å²) in [5.74, 6) is 1.40. The maximum atomic E-state index is 12.4. The van der Waals surface area contributed by atoms with Crippen molar-refractivity contribution in [3.05, 3.63) is 65.7 Å². The van der Waals surface area contributed by atoms with E-state index in [1.165, 1.54) is 0 Å². The number of nitrogens with one attached hydrogen (secondary N) is 2. The largest absolute Gasteiger partial charge is 0.491 e. The minimum Gasteiger partial charge on any atom is -0.491 e. The van der Waals surface area contributed by atoms with Gasteiger partial charge in [0.2, 0.25) is 5.91 Å². The lowest BCUT2D eigenvalue weighted by molar-refractivity contribution is -0.130. The zero-order valence-electron chi connectivity index (χ0n) is 19.5. The third-order valence-electron chi connectivity index (χ3n) is 4.72. The third-order valence-corrected chi connectivity index (χ3v) is 4.72. The quantitative estimate of drug-likeness (QED) is 0.369. The van der Waals surface area contributed by atoms with E-state index in [2.05, 4.69) is 15.6 Å². The number of carbonyl (C=O) groups excluding carboxylic acids is 1. The Hall–Kier alpha value is -3.06. The highest BCUT2D eigenvalue weighted by atomic mass is 16.5. The van der Waals surface area contributed by atoms with Gasteiger partial charge in [-0.2, -0.15) is 0 Å². The molecule has 0 aliphatic heterocycles. The van der Waals surface area contributed by atoms with Crippen LogP contribution in [-0.2, 0) is 11.3 Å². The van der Waals surface area contributed by atoms with Crippen molar-refractivity contribution in [1.82, 2.24) is 15.5 Å². The van der Waals surface area contributed by atoms with Gasteiger partial charge in [-0.1, -0.05) is 42.5 Å². The Morgan fingerprint density at radius 1 is 1.09 bits per heavy atom. The summed E-state index contributed by atoms with van der Waals surface area (Å²) in [6.07, 6.45) is -0.264. The van der Waals surface area contributed by atoms with Gasteiger partial charge in [-0.25, -0.2) is 0 Å². The Labute approximate surface area is 191 Å². The van der Waals surface area contributed by atoms with Gasteiger partial charge < -0.3 is 25.4 Å². The average Bonchev–Trinajstić information content (AvgIpc) is 2.78. The van der Waals surface area contributed by atoms with E-state index in [1.54, 1.807) is 4.90 Å². The molecule has 0 aromatic heterocycles. The van der Waals surface area contributed by atoms with E-state index < -0.39 is 6.10 Å². The topological polar surface area (TPSA) is 86.2 Å². The van der Waals surface area contributed by atoms with Crippen LogP contribution in [0.4, 0.5) is 0 Å². The van der Waals surface area contributed by atoms with Crippen molar-refractivity contribution in [3.8, 4) is 5.75 Å². The standard InChI is InChI=1S/C25H36N4O3/c1-5-26-25(27-16-15-24(31)29(4)18-20-9-7-6-8-10-20)28-17-23(30)21-11-13-22(14-12-21)32-19(2)3/h6-14,19,23,30H,5,15-18H2,1-4H3,(H2,26,27,28). The van der Waals surface area contributed by atoms with Crippen LogP contribution in [0.15, 0.2) is 59.6 Å². The van der Waals surface area contributed by atoms with E-state index >= 15 is 0 Å². The number of aliphatic hydroxyl groups excluding tert-OH is 1. The van der Waals surface area contributed by atoms with Crippen molar-refractivity contribution in [3.63, 3.8) is 0 Å². The number of guanidine groups is 1. The molecule has 32 heavy (non-hydrogen) atoms. The van der Waals surface area contributed by atoms with Crippen LogP contribution >= 0.6 is 0 Å². The summed E-state index contributed by atoms with van der Waals surface area (Å²) in [4.78, 5) is 18.6. The minimum absolute atomic E-state index is 0.0564. The first-order chi connectivity index (χ1) is 15.4. The molecule has 7 nitrogen and oxygen atoms in total. The van der Waals surface area contributed by atoms with Gasteiger partial charge in [0.1, 0.15) is 5.75 Å². The van der Waals surface area contributed by atoms with E-state index in [4.69, 9.17) is 4.74 Å². The van der Waals surface area contributed by atoms with Crippen LogP contribution in [0.1, 0.15) is 44.4 Å². The molecule has 1 atom stereocenters. The lowest BCUT2D eigenvalue weighted by atomic mass is 10.1. The summed E-state index contributed by atoms with van der Waals surface area (Å²) >= 11 is 0. The fourth-order valence-electron chi connectivity index (χ4n) is 3.09. The first-order valence-electron chi connectivity index (χ1n) is 11.1. The first kappa shape index (κ1) is 25.2. The molecule has 0 fully saturated rings. The predicted octanol–water partition coefficient (Wildman–Crippen LogP) is 3.11. The molecule has 174 valence electrons. The number of amides is 1. The minimum atomic E-state index is -0.725. The lowest BCUT2D eigenvalue weighted by Gasteiger charge is -2.18. The highest BCUT2D eigenvalue weighted by Crippen LogP contribution is 2.19. The highest BCUT2D eigenvalue weighted by molar-refractivity contribution is 5.81. The van der Waals surface area contributed by atoms with Crippen molar-refractivity contribution in [2.75, 3.05) is 26.7 Å². The summed E-state index contributed by atoms with van der Waals surface area (Å²) in [7, 11) is 1.81. The number of hydrogen-bond donors (Lipinski definition) is 3. The predicted molar refractivity (Wildman–Crippen MR) is 129 cm³/mol. The number of nitrogens with zero attached hydrogens (tertiary/aromatic N) is 2. The Morgan fingerprint density at radius 2 is 1.78 bits per heavy atom. The molecule has 2 aromatic carbocycles. The Balaban J connectivity index is 1.82. The second-order valence-electron chi connectivity index (χ2n) is 7.88. The van der Waals surface area contributed by atoms with E-state index in [1.807, 2.05) is 82.4 Å². The van der Waals surface area contributed by atoms with Crippen molar-refractivity contribution in [2.24, 2.45) is 4.99 Å². The van der Waals surface area contributed by atoms with Gasteiger partial charge in [-0.05, 0) is 44.0 Å². The molecule has 2 rings (SSSR count). The molecule has 0 saturated heterocycles. The molecule has 0 saturated carbocycles. The van der Waals surface area contributed by atoms with E-state index in [0.29, 0.717) is 32.0 Å². The second-order valence-corrected chi connectivity index (χ2v) is 7.88. The number of aliphatic hydroxyl groups is 1. The monoisotopic (exact) mass is 440 g/mol. The summed E-state index contributed by atoms with van der Waals surface area (Å²) in [5, 5.41) is 16.8. The van der Waals surface area contributed by atoms with E-state index in [9.17, 15) is 9.90 Å². The molecular weight excluding hydrogens is 404 g/mol. The Kier molecular flexibility index (Phi) is 10.5. The molecule has 0 aliphatic carbocycles. The van der Waals surface area contributed by atoms with Crippen LogP contribution in [0.5, 0.6) is 5.75 Å². The molecule has 0 heterocycles. The van der Waals surface area contributed by atoms with Gasteiger partial charge in [0.05, 0.1) is 18.8 Å². The smallest absolute Gasteiger partial charge is 0.224 e. The lowest BCUT2D eigenvalue weighted by Crippen LogP contribution is -2.39. The Morgan fingerprint density at radius 3 is 2.41 bits per heavy atom. The Bertz CT molecular complexity index is 838. The van der Waals surface area contributed by atoms with Gasteiger partial charge in [0.25, 0.3) is 0 Å². The van der Waals surface area contributed by atoms with Crippen molar-refractivity contribution in [2.45, 2.75) is 45.9 Å². The fraction of sp³-hybridized carbons (Fsp3) is 0.440. The average molecular weight is 441 g/mol. The fourth-order valence-corrected chi connectivity index (χ4v) is 3.09. The zero-order valence-corrected chi connectivity index (χ0v) is 19.5. The number of aliphatic imine (C=N–C) groups is 1.